The molecule has 5 nitrogen and oxygen atoms in total. The zero-order valence-corrected chi connectivity index (χ0v) is 10.9. The largest absolute Gasteiger partial charge is 0.325 e. The third-order valence-electron chi connectivity index (χ3n) is 1.98. The summed E-state index contributed by atoms with van der Waals surface area (Å²) in [6, 6.07) is 0. The fourth-order valence-electron chi connectivity index (χ4n) is 1.26. The minimum atomic E-state index is -0.103. The highest BCUT2D eigenvalue weighted by atomic mass is 32.1. The summed E-state index contributed by atoms with van der Waals surface area (Å²) < 4.78 is 0. The Labute approximate surface area is 107 Å². The van der Waals surface area contributed by atoms with Crippen LogP contribution in [0.5, 0.6) is 0 Å². The van der Waals surface area contributed by atoms with Crippen LogP contribution in [-0.2, 0) is 17.8 Å². The molecule has 0 saturated heterocycles. The van der Waals surface area contributed by atoms with E-state index < -0.39 is 0 Å². The molecule has 0 unspecified atom stereocenters. The predicted octanol–water partition coefficient (Wildman–Crippen LogP) is 1.55. The van der Waals surface area contributed by atoms with Crippen molar-refractivity contribution < 1.29 is 4.79 Å². The van der Waals surface area contributed by atoms with Gasteiger partial charge in [-0.1, -0.05) is 0 Å². The molecule has 2 aromatic rings. The summed E-state index contributed by atoms with van der Waals surface area (Å²) in [4.78, 5) is 20.1. The van der Waals surface area contributed by atoms with Crippen LogP contribution in [0.15, 0.2) is 10.8 Å². The molecular weight excluding hydrogens is 256 g/mol. The summed E-state index contributed by atoms with van der Waals surface area (Å²) >= 11 is 2.89. The molecule has 2 aromatic heterocycles. The second kappa shape index (κ2) is 5.35. The topological polar surface area (TPSA) is 80.9 Å². The predicted molar refractivity (Wildman–Crippen MR) is 69.2 cm³/mol. The number of aryl methyl sites for hydroxylation is 1. The molecule has 2 heterocycles. The first-order chi connectivity index (χ1) is 8.17. The normalized spacial score (nSPS) is 10.5. The van der Waals surface area contributed by atoms with Crippen molar-refractivity contribution in [1.82, 2.24) is 9.97 Å². The molecule has 0 spiro atoms. The summed E-state index contributed by atoms with van der Waals surface area (Å²) in [6.07, 6.45) is 0.259. The van der Waals surface area contributed by atoms with Gasteiger partial charge in [0.2, 0.25) is 5.91 Å². The van der Waals surface area contributed by atoms with E-state index in [-0.39, 0.29) is 12.3 Å². The Morgan fingerprint density at radius 2 is 2.24 bits per heavy atom. The van der Waals surface area contributed by atoms with Gasteiger partial charge in [0.15, 0.2) is 5.13 Å². The van der Waals surface area contributed by atoms with E-state index in [2.05, 4.69) is 15.3 Å². The van der Waals surface area contributed by atoms with Crippen LogP contribution in [-0.4, -0.2) is 15.9 Å². The van der Waals surface area contributed by atoms with E-state index in [4.69, 9.17) is 5.73 Å². The number of hydrogen-bond acceptors (Lipinski definition) is 6. The quantitative estimate of drug-likeness (QED) is 0.881. The van der Waals surface area contributed by atoms with Crippen molar-refractivity contribution in [2.75, 3.05) is 5.32 Å². The number of hydrogen-bond donors (Lipinski definition) is 2. The van der Waals surface area contributed by atoms with Gasteiger partial charge in [-0.3, -0.25) is 4.79 Å². The first kappa shape index (κ1) is 12.2. The Morgan fingerprint density at radius 1 is 1.41 bits per heavy atom. The van der Waals surface area contributed by atoms with Crippen LogP contribution in [0.4, 0.5) is 5.13 Å². The number of nitrogens with one attached hydrogen (secondary N) is 1. The fraction of sp³-hybridized carbons (Fsp3) is 0.300. The number of aromatic nitrogens is 2. The molecule has 0 atom stereocenters. The van der Waals surface area contributed by atoms with Crippen molar-refractivity contribution >= 4 is 33.7 Å². The fourth-order valence-corrected chi connectivity index (χ4v) is 2.64. The molecule has 0 aliphatic carbocycles. The van der Waals surface area contributed by atoms with Gasteiger partial charge < -0.3 is 11.1 Å². The minimum absolute atomic E-state index is 0.103. The van der Waals surface area contributed by atoms with Crippen LogP contribution in [0.1, 0.15) is 16.4 Å². The van der Waals surface area contributed by atoms with E-state index in [0.717, 1.165) is 16.4 Å². The van der Waals surface area contributed by atoms with Crippen molar-refractivity contribution in [1.29, 1.82) is 0 Å². The molecule has 0 aromatic carbocycles. The maximum atomic E-state index is 11.7. The summed E-state index contributed by atoms with van der Waals surface area (Å²) in [5.41, 5.74) is 7.12. The van der Waals surface area contributed by atoms with Crippen LogP contribution in [0.3, 0.4) is 0 Å². The number of carbonyl (C=O) groups excluding carboxylic acids is 1. The van der Waals surface area contributed by atoms with Gasteiger partial charge >= 0.3 is 0 Å². The highest BCUT2D eigenvalue weighted by molar-refractivity contribution is 7.13. The summed E-state index contributed by atoms with van der Waals surface area (Å²) in [6.45, 7) is 2.30. The van der Waals surface area contributed by atoms with Crippen molar-refractivity contribution in [3.63, 3.8) is 0 Å². The molecule has 0 saturated carbocycles. The van der Waals surface area contributed by atoms with Crippen LogP contribution in [0.25, 0.3) is 0 Å². The van der Waals surface area contributed by atoms with Gasteiger partial charge in [-0.05, 0) is 6.92 Å². The minimum Gasteiger partial charge on any atom is -0.325 e. The maximum absolute atomic E-state index is 11.7. The SMILES string of the molecule is Cc1csc(NC(=O)Cc2csc(CN)n2)n1. The molecular formula is C10H12N4OS2. The van der Waals surface area contributed by atoms with Crippen molar-refractivity contribution in [2.45, 2.75) is 19.9 Å². The van der Waals surface area contributed by atoms with Gasteiger partial charge in [-0.15, -0.1) is 22.7 Å². The molecule has 3 N–H and O–H groups in total. The molecule has 17 heavy (non-hydrogen) atoms. The van der Waals surface area contributed by atoms with Crippen LogP contribution >= 0.6 is 22.7 Å². The summed E-state index contributed by atoms with van der Waals surface area (Å²) in [5, 5.41) is 7.96. The second-order valence-electron chi connectivity index (χ2n) is 3.46. The Kier molecular flexibility index (Phi) is 3.82. The Balaban J connectivity index is 1.93. The van der Waals surface area contributed by atoms with Gasteiger partial charge in [0, 0.05) is 17.3 Å². The maximum Gasteiger partial charge on any atom is 0.232 e. The lowest BCUT2D eigenvalue weighted by atomic mass is 10.3. The Bertz CT molecular complexity index is 520. The van der Waals surface area contributed by atoms with Gasteiger partial charge in [-0.2, -0.15) is 0 Å². The number of nitrogens with zero attached hydrogens (tertiary/aromatic N) is 2. The number of anilines is 1. The average Bonchev–Trinajstić information content (AvgIpc) is 2.88. The Hall–Kier alpha value is -1.31. The molecule has 2 rings (SSSR count). The van der Waals surface area contributed by atoms with Crippen molar-refractivity contribution in [3.8, 4) is 0 Å². The van der Waals surface area contributed by atoms with Gasteiger partial charge in [-0.25, -0.2) is 9.97 Å². The lowest BCUT2D eigenvalue weighted by Crippen LogP contribution is -2.14. The molecule has 90 valence electrons. The molecule has 0 radical (unpaired) electrons. The van der Waals surface area contributed by atoms with Crippen molar-refractivity contribution in [2.24, 2.45) is 5.73 Å². The van der Waals surface area contributed by atoms with Crippen LogP contribution < -0.4 is 11.1 Å². The zero-order chi connectivity index (χ0) is 12.3. The molecule has 1 amide bonds. The summed E-state index contributed by atoms with van der Waals surface area (Å²) in [5.74, 6) is -0.103. The lowest BCUT2D eigenvalue weighted by Gasteiger charge is -1.98. The van der Waals surface area contributed by atoms with E-state index in [1.165, 1.54) is 22.7 Å². The molecule has 7 heteroatoms. The number of nitrogens with two attached hydrogens (primary N) is 1. The van der Waals surface area contributed by atoms with E-state index >= 15 is 0 Å². The highest BCUT2D eigenvalue weighted by Crippen LogP contribution is 2.15. The first-order valence-electron chi connectivity index (χ1n) is 5.02. The van der Waals surface area contributed by atoms with Gasteiger partial charge in [0.05, 0.1) is 17.8 Å². The van der Waals surface area contributed by atoms with E-state index in [0.29, 0.717) is 11.7 Å². The smallest absolute Gasteiger partial charge is 0.232 e. The molecule has 0 fully saturated rings. The second-order valence-corrected chi connectivity index (χ2v) is 5.26. The molecule has 0 bridgehead atoms. The third kappa shape index (κ3) is 3.32. The monoisotopic (exact) mass is 268 g/mol. The number of thiazole rings is 2. The van der Waals surface area contributed by atoms with E-state index in [1.807, 2.05) is 17.7 Å². The van der Waals surface area contributed by atoms with Crippen LogP contribution in [0.2, 0.25) is 0 Å². The third-order valence-corrected chi connectivity index (χ3v) is 3.78. The Morgan fingerprint density at radius 3 is 2.82 bits per heavy atom. The average molecular weight is 268 g/mol. The van der Waals surface area contributed by atoms with Crippen molar-refractivity contribution in [3.05, 3.63) is 27.2 Å². The zero-order valence-electron chi connectivity index (χ0n) is 9.27. The highest BCUT2D eigenvalue weighted by Gasteiger charge is 2.09. The van der Waals surface area contributed by atoms with Gasteiger partial charge in [0.1, 0.15) is 5.01 Å². The number of amides is 1. The number of carbonyl (C=O) groups is 1. The summed E-state index contributed by atoms with van der Waals surface area (Å²) in [7, 11) is 0. The van der Waals surface area contributed by atoms with Crippen LogP contribution in [0, 0.1) is 6.92 Å². The number of rotatable bonds is 4. The standard InChI is InChI=1S/C10H12N4OS2/c1-6-4-17-10(12-6)14-8(15)2-7-5-16-9(3-11)13-7/h4-5H,2-3,11H2,1H3,(H,12,14,15). The molecule has 0 aliphatic rings. The molecule has 0 aliphatic heterocycles. The van der Waals surface area contributed by atoms with E-state index in [9.17, 15) is 4.79 Å². The first-order valence-corrected chi connectivity index (χ1v) is 6.78. The van der Waals surface area contributed by atoms with E-state index in [1.54, 1.807) is 0 Å². The van der Waals surface area contributed by atoms with Gasteiger partial charge in [0.25, 0.3) is 0 Å². The lowest BCUT2D eigenvalue weighted by molar-refractivity contribution is -0.115.